The Morgan fingerprint density at radius 1 is 1.16 bits per heavy atom. The smallest absolute Gasteiger partial charge is 0.362 e. The topological polar surface area (TPSA) is 47.6 Å². The second kappa shape index (κ2) is 6.63. The van der Waals surface area contributed by atoms with E-state index in [9.17, 15) is 17.7 Å². The molecule has 3 rings (SSSR count). The van der Waals surface area contributed by atoms with Gasteiger partial charge < -0.3 is 14.4 Å². The van der Waals surface area contributed by atoms with Crippen molar-refractivity contribution in [3.8, 4) is 0 Å². The van der Waals surface area contributed by atoms with Crippen molar-refractivity contribution in [2.45, 2.75) is 32.4 Å². The Hall–Kier alpha value is -1.56. The number of hydrogen-bond acceptors (Lipinski definition) is 4. The maximum atomic E-state index is 13.5. The van der Waals surface area contributed by atoms with Gasteiger partial charge in [0.05, 0.1) is 24.1 Å². The summed E-state index contributed by atoms with van der Waals surface area (Å²) in [7, 11) is -3.66. The molecule has 136 valence electrons. The van der Waals surface area contributed by atoms with Crippen LogP contribution in [0.15, 0.2) is 47.0 Å². The molecule has 0 spiro atoms. The number of nitrogens with one attached hydrogen (secondary N) is 1. The molecule has 0 aliphatic carbocycles. The first-order valence-corrected chi connectivity index (χ1v) is 9.48. The summed E-state index contributed by atoms with van der Waals surface area (Å²) < 4.78 is 64.5. The highest BCUT2D eigenvalue weighted by molar-refractivity contribution is 7.58. The number of dihydropyridines is 1. The Balaban J connectivity index is 2.16. The van der Waals surface area contributed by atoms with Crippen LogP contribution in [-0.2, 0) is 19.8 Å². The highest BCUT2D eigenvalue weighted by atomic mass is 31.2. The summed E-state index contributed by atoms with van der Waals surface area (Å²) >= 11 is 0. The normalized spacial score (nSPS) is 23.9. The molecule has 2 aliphatic rings. The lowest BCUT2D eigenvalue weighted by Gasteiger charge is -2.34. The molecule has 1 aromatic rings. The molecule has 1 atom stereocenters. The fourth-order valence-corrected chi connectivity index (χ4v) is 5.32. The van der Waals surface area contributed by atoms with Crippen molar-refractivity contribution in [3.05, 3.63) is 58.2 Å². The summed E-state index contributed by atoms with van der Waals surface area (Å²) in [6, 6.07) is 5.33. The molecular weight excluding hydrogens is 354 g/mol. The third-order valence-electron chi connectivity index (χ3n) is 4.19. The van der Waals surface area contributed by atoms with E-state index in [4.69, 9.17) is 9.05 Å². The minimum Gasteiger partial charge on any atom is -0.362 e. The summed E-state index contributed by atoms with van der Waals surface area (Å²) in [6.07, 6.45) is -2.28. The summed E-state index contributed by atoms with van der Waals surface area (Å²) in [6.45, 7) is 3.94. The molecule has 4 nitrogen and oxygen atoms in total. The van der Waals surface area contributed by atoms with E-state index in [2.05, 4.69) is 5.32 Å². The largest absolute Gasteiger partial charge is 0.416 e. The molecule has 8 heteroatoms. The van der Waals surface area contributed by atoms with E-state index >= 15 is 0 Å². The predicted molar refractivity (Wildman–Crippen MR) is 87.9 cm³/mol. The van der Waals surface area contributed by atoms with Crippen LogP contribution >= 0.6 is 7.60 Å². The van der Waals surface area contributed by atoms with Gasteiger partial charge >= 0.3 is 13.8 Å². The first-order valence-electron chi connectivity index (χ1n) is 7.94. The summed E-state index contributed by atoms with van der Waals surface area (Å²) in [5, 5.41) is 3.28. The molecule has 1 saturated heterocycles. The minimum absolute atomic E-state index is 0.0400. The zero-order chi connectivity index (χ0) is 18.2. The Bertz CT molecular complexity index is 776. The molecule has 1 fully saturated rings. The summed E-state index contributed by atoms with van der Waals surface area (Å²) in [4.78, 5) is 0. The Kier molecular flexibility index (Phi) is 4.84. The molecule has 0 bridgehead atoms. The molecular formula is C17H19F3NO3P. The molecule has 1 N–H and O–H groups in total. The molecule has 2 aliphatic heterocycles. The second-order valence-corrected chi connectivity index (χ2v) is 8.06. The third-order valence-corrected chi connectivity index (χ3v) is 6.44. The van der Waals surface area contributed by atoms with Gasteiger partial charge in [0.2, 0.25) is 0 Å². The number of benzene rings is 1. The molecule has 25 heavy (non-hydrogen) atoms. The van der Waals surface area contributed by atoms with Crippen LogP contribution in [0.5, 0.6) is 0 Å². The van der Waals surface area contributed by atoms with Crippen LogP contribution < -0.4 is 5.32 Å². The van der Waals surface area contributed by atoms with Crippen LogP contribution in [0.2, 0.25) is 0 Å². The van der Waals surface area contributed by atoms with E-state index in [1.165, 1.54) is 12.1 Å². The number of allylic oxidation sites excluding steroid dienone is 4. The van der Waals surface area contributed by atoms with Crippen LogP contribution in [-0.4, -0.2) is 13.2 Å². The van der Waals surface area contributed by atoms with E-state index < -0.39 is 25.3 Å². The third kappa shape index (κ3) is 3.54. The maximum Gasteiger partial charge on any atom is 0.416 e. The van der Waals surface area contributed by atoms with Crippen molar-refractivity contribution in [2.24, 2.45) is 0 Å². The molecule has 1 unspecified atom stereocenters. The number of hydrogen-bond donors (Lipinski definition) is 1. The number of alkyl halides is 3. The van der Waals surface area contributed by atoms with Crippen molar-refractivity contribution < 1.29 is 26.8 Å². The molecule has 0 saturated carbocycles. The lowest BCUT2D eigenvalue weighted by Crippen LogP contribution is -2.24. The monoisotopic (exact) mass is 373 g/mol. The molecule has 0 aromatic heterocycles. The van der Waals surface area contributed by atoms with Crippen LogP contribution in [0.4, 0.5) is 13.2 Å². The van der Waals surface area contributed by atoms with Gasteiger partial charge in [0.15, 0.2) is 0 Å². The lowest BCUT2D eigenvalue weighted by atomic mass is 9.90. The zero-order valence-electron chi connectivity index (χ0n) is 13.9. The van der Waals surface area contributed by atoms with Crippen LogP contribution in [0.3, 0.4) is 0 Å². The second-order valence-electron chi connectivity index (χ2n) is 6.07. The predicted octanol–water partition coefficient (Wildman–Crippen LogP) is 5.16. The van der Waals surface area contributed by atoms with Gasteiger partial charge in [-0.15, -0.1) is 0 Å². The number of halogens is 3. The van der Waals surface area contributed by atoms with Gasteiger partial charge in [-0.2, -0.15) is 13.2 Å². The van der Waals surface area contributed by atoms with E-state index in [0.29, 0.717) is 17.8 Å². The highest BCUT2D eigenvalue weighted by Gasteiger charge is 2.43. The van der Waals surface area contributed by atoms with E-state index in [1.807, 2.05) is 0 Å². The highest BCUT2D eigenvalue weighted by Crippen LogP contribution is 2.64. The average Bonchev–Trinajstić information content (AvgIpc) is 2.53. The van der Waals surface area contributed by atoms with E-state index in [0.717, 1.165) is 6.07 Å². The summed E-state index contributed by atoms with van der Waals surface area (Å²) in [5.41, 5.74) is 0.483. The van der Waals surface area contributed by atoms with Gasteiger partial charge in [-0.3, -0.25) is 4.57 Å². The van der Waals surface area contributed by atoms with Gasteiger partial charge in [-0.25, -0.2) is 0 Å². The van der Waals surface area contributed by atoms with Gasteiger partial charge in [0, 0.05) is 17.3 Å². The minimum atomic E-state index is -4.51. The van der Waals surface area contributed by atoms with Crippen LogP contribution in [0, 0.1) is 0 Å². The van der Waals surface area contributed by atoms with Crippen LogP contribution in [0.25, 0.3) is 0 Å². The van der Waals surface area contributed by atoms with Crippen molar-refractivity contribution in [3.63, 3.8) is 0 Å². The summed E-state index contributed by atoms with van der Waals surface area (Å²) in [5.74, 6) is -0.831. The maximum absolute atomic E-state index is 13.5. The fourth-order valence-electron chi connectivity index (χ4n) is 3.21. The van der Waals surface area contributed by atoms with Crippen molar-refractivity contribution in [1.29, 1.82) is 0 Å². The average molecular weight is 373 g/mol. The van der Waals surface area contributed by atoms with Crippen molar-refractivity contribution in [1.82, 2.24) is 5.32 Å². The molecule has 0 radical (unpaired) electrons. The van der Waals surface area contributed by atoms with Crippen molar-refractivity contribution in [2.75, 3.05) is 13.2 Å². The quantitative estimate of drug-likeness (QED) is 0.728. The first kappa shape index (κ1) is 18.2. The van der Waals surface area contributed by atoms with Crippen LogP contribution in [0.1, 0.15) is 37.3 Å². The van der Waals surface area contributed by atoms with Gasteiger partial charge in [-0.05, 0) is 31.9 Å². The Morgan fingerprint density at radius 2 is 1.80 bits per heavy atom. The molecule has 2 heterocycles. The molecule has 1 aromatic carbocycles. The van der Waals surface area contributed by atoms with Gasteiger partial charge in [-0.1, -0.05) is 24.3 Å². The fraction of sp³-hybridized carbons (Fsp3) is 0.412. The zero-order valence-corrected chi connectivity index (χ0v) is 14.8. The SMILES string of the molecule is CC1=CC(c2ccccc2C(F)(F)F)C(P2(=O)OCCCO2)=C(C)N1. The Labute approximate surface area is 144 Å². The first-order chi connectivity index (χ1) is 11.7. The Morgan fingerprint density at radius 3 is 2.44 bits per heavy atom. The van der Waals surface area contributed by atoms with E-state index in [-0.39, 0.29) is 24.1 Å². The van der Waals surface area contributed by atoms with Gasteiger partial charge in [0.1, 0.15) is 0 Å². The van der Waals surface area contributed by atoms with Gasteiger partial charge in [0.25, 0.3) is 0 Å². The number of rotatable bonds is 2. The molecule has 0 amide bonds. The lowest BCUT2D eigenvalue weighted by molar-refractivity contribution is -0.138. The standard InChI is InChI=1S/C17H19F3NO3P/c1-11-10-14(13-6-3-4-7-15(13)17(18,19)20)16(12(2)21-11)25(22)23-8-5-9-24-25/h3-4,6-7,10,14,21H,5,8-9H2,1-2H3. The van der Waals surface area contributed by atoms with E-state index in [1.54, 1.807) is 26.0 Å². The van der Waals surface area contributed by atoms with Crippen molar-refractivity contribution >= 4 is 7.60 Å².